The second-order valence-corrected chi connectivity index (χ2v) is 8.06. The number of rotatable bonds is 10. The number of carbonyl (C=O) groups is 1. The minimum absolute atomic E-state index is 0.475. The van der Waals surface area contributed by atoms with Gasteiger partial charge in [-0.3, -0.25) is 4.79 Å². The van der Waals surface area contributed by atoms with Crippen molar-refractivity contribution in [2.24, 2.45) is 4.99 Å². The Morgan fingerprint density at radius 1 is 1.18 bits per heavy atom. The van der Waals surface area contributed by atoms with Crippen LogP contribution in [0.15, 0.2) is 70.8 Å². The predicted molar refractivity (Wildman–Crippen MR) is 139 cm³/mol. The summed E-state index contributed by atoms with van der Waals surface area (Å²) in [6.07, 6.45) is 7.36. The first-order chi connectivity index (χ1) is 16.4. The number of hydrogen-bond donors (Lipinski definition) is 4. The molecule has 0 spiro atoms. The molecule has 0 aromatic heterocycles. The van der Waals surface area contributed by atoms with E-state index in [9.17, 15) is 4.79 Å². The summed E-state index contributed by atoms with van der Waals surface area (Å²) in [4.78, 5) is 15.8. The third-order valence-electron chi connectivity index (χ3n) is 5.44. The Morgan fingerprint density at radius 3 is 2.41 bits per heavy atom. The normalized spacial score (nSPS) is 16.2. The van der Waals surface area contributed by atoms with Crippen molar-refractivity contribution in [3.05, 3.63) is 88.0 Å². The van der Waals surface area contributed by atoms with Crippen LogP contribution in [0.1, 0.15) is 42.1 Å². The van der Waals surface area contributed by atoms with Crippen molar-refractivity contribution in [2.45, 2.75) is 33.7 Å². The van der Waals surface area contributed by atoms with Crippen molar-refractivity contribution in [1.29, 1.82) is 5.26 Å². The van der Waals surface area contributed by atoms with Gasteiger partial charge in [0.1, 0.15) is 5.82 Å². The number of aliphatic imine (C=N–C) groups is 1. The predicted octanol–water partition coefficient (Wildman–Crippen LogP) is 4.92. The molecule has 34 heavy (non-hydrogen) atoms. The van der Waals surface area contributed by atoms with Gasteiger partial charge in [0.25, 0.3) is 0 Å². The minimum atomic E-state index is 0.475. The summed E-state index contributed by atoms with van der Waals surface area (Å²) in [5, 5.41) is 21.5. The van der Waals surface area contributed by atoms with Crippen molar-refractivity contribution in [1.82, 2.24) is 10.6 Å². The van der Waals surface area contributed by atoms with Crippen LogP contribution in [0.3, 0.4) is 0 Å². The monoisotopic (exact) mass is 454 g/mol. The fourth-order valence-electron chi connectivity index (χ4n) is 3.54. The van der Waals surface area contributed by atoms with Crippen LogP contribution in [0.2, 0.25) is 0 Å². The van der Waals surface area contributed by atoms with Gasteiger partial charge in [0, 0.05) is 35.7 Å². The second-order valence-electron chi connectivity index (χ2n) is 8.06. The lowest BCUT2D eigenvalue weighted by molar-refractivity contribution is -0.108. The van der Waals surface area contributed by atoms with Crippen molar-refractivity contribution < 1.29 is 4.79 Å². The number of carbonyl (C=O) groups excluding carboxylic acids is 1. The molecule has 1 aliphatic heterocycles. The molecule has 1 heterocycles. The van der Waals surface area contributed by atoms with Gasteiger partial charge in [-0.05, 0) is 86.4 Å². The minimum Gasteiger partial charge on any atom is -0.357 e. The molecule has 1 atom stereocenters. The molecule has 1 amide bonds. The van der Waals surface area contributed by atoms with Gasteiger partial charge in [0.2, 0.25) is 6.41 Å². The number of anilines is 2. The second kappa shape index (κ2) is 11.6. The summed E-state index contributed by atoms with van der Waals surface area (Å²) in [5.74, 6) is 0.663. The summed E-state index contributed by atoms with van der Waals surface area (Å²) >= 11 is 0. The maximum atomic E-state index is 11.2. The molecule has 174 valence electrons. The van der Waals surface area contributed by atoms with Crippen molar-refractivity contribution in [3.63, 3.8) is 0 Å². The molecule has 2 aromatic rings. The molecular formula is C27H30N6O. The quantitative estimate of drug-likeness (QED) is 0.176. The van der Waals surface area contributed by atoms with E-state index in [1.165, 1.54) is 11.6 Å². The lowest BCUT2D eigenvalue weighted by Gasteiger charge is -2.16. The Morgan fingerprint density at radius 2 is 1.85 bits per heavy atom. The van der Waals surface area contributed by atoms with Crippen LogP contribution in [0, 0.1) is 25.2 Å². The molecule has 0 aliphatic carbocycles. The largest absolute Gasteiger partial charge is 0.357 e. The van der Waals surface area contributed by atoms with E-state index in [0.717, 1.165) is 40.3 Å². The zero-order valence-corrected chi connectivity index (χ0v) is 19.9. The van der Waals surface area contributed by atoms with Crippen molar-refractivity contribution in [3.8, 4) is 6.07 Å². The molecule has 1 saturated heterocycles. The van der Waals surface area contributed by atoms with Gasteiger partial charge >= 0.3 is 0 Å². The van der Waals surface area contributed by atoms with Crippen LogP contribution in [0.4, 0.5) is 11.4 Å². The zero-order valence-electron chi connectivity index (χ0n) is 19.9. The molecule has 7 heteroatoms. The van der Waals surface area contributed by atoms with E-state index in [2.05, 4.69) is 38.4 Å². The number of hydrogen-bond acceptors (Lipinski definition) is 6. The fraction of sp³-hybridized carbons (Fsp3) is 0.222. The van der Waals surface area contributed by atoms with E-state index in [0.29, 0.717) is 24.0 Å². The maximum absolute atomic E-state index is 11.2. The highest BCUT2D eigenvalue weighted by Crippen LogP contribution is 2.25. The Hall–Kier alpha value is -4.15. The summed E-state index contributed by atoms with van der Waals surface area (Å²) in [6.45, 7) is 8.82. The molecule has 0 radical (unpaired) electrons. The highest BCUT2D eigenvalue weighted by atomic mass is 16.1. The molecule has 3 rings (SSSR count). The topological polar surface area (TPSA) is 111 Å². The van der Waals surface area contributed by atoms with Crippen LogP contribution >= 0.6 is 0 Å². The standard InChI is InChI=1S/C27H30N6O/c1-5-26(33-23-10-8-22(9-11-23)25-16-29-25)30-15-24(31-17-34)20(4)32-27-18(2)13-21(7-6-12-28)14-19(27)3/h5-11,13-15,17,25,29,32-33H,16H2,1-4H3,(H,31,34)/b7-6+,24-20-,26-5?,30-15?. The van der Waals surface area contributed by atoms with E-state index in [1.54, 1.807) is 12.3 Å². The first-order valence-electron chi connectivity index (χ1n) is 11.1. The molecule has 0 bridgehead atoms. The zero-order chi connectivity index (χ0) is 24.5. The van der Waals surface area contributed by atoms with Crippen LogP contribution in [-0.2, 0) is 4.79 Å². The van der Waals surface area contributed by atoms with Gasteiger partial charge in [0.05, 0.1) is 18.0 Å². The SMILES string of the molecule is CC=C(N=C/C(NC=O)=C(\C)Nc1c(C)cc(/C=C/C#N)cc1C)Nc1ccc(C2CN2)cc1. The smallest absolute Gasteiger partial charge is 0.211 e. The highest BCUT2D eigenvalue weighted by Gasteiger charge is 2.21. The van der Waals surface area contributed by atoms with Gasteiger partial charge < -0.3 is 21.3 Å². The molecule has 1 fully saturated rings. The number of nitrogens with zero attached hydrogens (tertiary/aromatic N) is 2. The van der Waals surface area contributed by atoms with Gasteiger partial charge in [-0.25, -0.2) is 4.99 Å². The first-order valence-corrected chi connectivity index (χ1v) is 11.1. The average molecular weight is 455 g/mol. The summed E-state index contributed by atoms with van der Waals surface area (Å²) < 4.78 is 0. The van der Waals surface area contributed by atoms with Crippen LogP contribution in [0.5, 0.6) is 0 Å². The van der Waals surface area contributed by atoms with Gasteiger partial charge in [-0.15, -0.1) is 0 Å². The molecule has 1 aliphatic rings. The molecule has 4 N–H and O–H groups in total. The van der Waals surface area contributed by atoms with Crippen molar-refractivity contribution >= 4 is 30.1 Å². The van der Waals surface area contributed by atoms with Gasteiger partial charge in [-0.2, -0.15) is 5.26 Å². The van der Waals surface area contributed by atoms with Crippen LogP contribution in [0.25, 0.3) is 6.08 Å². The molecule has 7 nitrogen and oxygen atoms in total. The number of aryl methyl sites for hydroxylation is 2. The average Bonchev–Trinajstić information content (AvgIpc) is 3.67. The summed E-state index contributed by atoms with van der Waals surface area (Å²) in [5.41, 5.74) is 7.48. The summed E-state index contributed by atoms with van der Waals surface area (Å²) in [7, 11) is 0. The number of allylic oxidation sites excluding steroid dienone is 4. The Kier molecular flexibility index (Phi) is 8.38. The summed E-state index contributed by atoms with van der Waals surface area (Å²) in [6, 6.07) is 14.8. The number of amides is 1. The van der Waals surface area contributed by atoms with Crippen LogP contribution < -0.4 is 21.3 Å². The van der Waals surface area contributed by atoms with Gasteiger partial charge in [0.15, 0.2) is 0 Å². The Balaban J connectivity index is 1.76. The third-order valence-corrected chi connectivity index (χ3v) is 5.44. The molecular weight excluding hydrogens is 424 g/mol. The third kappa shape index (κ3) is 6.67. The first kappa shape index (κ1) is 24.5. The van der Waals surface area contributed by atoms with E-state index < -0.39 is 0 Å². The van der Waals surface area contributed by atoms with Crippen molar-refractivity contribution in [2.75, 3.05) is 17.2 Å². The fourth-order valence-corrected chi connectivity index (χ4v) is 3.54. The lowest BCUT2D eigenvalue weighted by atomic mass is 10.0. The van der Waals surface area contributed by atoms with Crippen LogP contribution in [-0.4, -0.2) is 19.2 Å². The van der Waals surface area contributed by atoms with Gasteiger partial charge in [-0.1, -0.05) is 12.1 Å². The van der Waals surface area contributed by atoms with E-state index in [1.807, 2.05) is 64.1 Å². The number of nitriles is 1. The maximum Gasteiger partial charge on any atom is 0.211 e. The Bertz CT molecular complexity index is 1170. The number of benzene rings is 2. The number of nitrogens with one attached hydrogen (secondary N) is 4. The molecule has 2 aromatic carbocycles. The lowest BCUT2D eigenvalue weighted by Crippen LogP contribution is -2.17. The highest BCUT2D eigenvalue weighted by molar-refractivity contribution is 5.84. The molecule has 0 saturated carbocycles. The van der Waals surface area contributed by atoms with E-state index >= 15 is 0 Å². The van der Waals surface area contributed by atoms with E-state index in [4.69, 9.17) is 5.26 Å². The Labute approximate surface area is 201 Å². The molecule has 1 unspecified atom stereocenters. The van der Waals surface area contributed by atoms with E-state index in [-0.39, 0.29) is 0 Å².